The number of rotatable bonds is 5. The van der Waals surface area contributed by atoms with Gasteiger partial charge in [-0.1, -0.05) is 6.07 Å². The van der Waals surface area contributed by atoms with E-state index in [0.29, 0.717) is 18.2 Å². The predicted octanol–water partition coefficient (Wildman–Crippen LogP) is -0.632. The van der Waals surface area contributed by atoms with Crippen LogP contribution in [-0.4, -0.2) is 12.9 Å². The summed E-state index contributed by atoms with van der Waals surface area (Å²) < 4.78 is 12.7. The highest BCUT2D eigenvalue weighted by Crippen LogP contribution is 2.22. The van der Waals surface area contributed by atoms with Crippen molar-refractivity contribution in [1.29, 1.82) is 0 Å². The third-order valence-electron chi connectivity index (χ3n) is 2.56. The standard InChI is InChI=1S/C15H16NO3.HI/c1-12(17)11-16-9-4-3-8-15(16)19-14-7-5-6-13(10-14)18-2;/h3-10H,11H2,1-2H3;1H/q+1;/p-1. The van der Waals surface area contributed by atoms with Gasteiger partial charge in [-0.2, -0.15) is 4.57 Å². The molecule has 1 heterocycles. The maximum Gasteiger partial charge on any atom is 0.373 e. The van der Waals surface area contributed by atoms with E-state index in [9.17, 15) is 4.79 Å². The molecule has 0 N–H and O–H groups in total. The van der Waals surface area contributed by atoms with E-state index in [1.807, 2.05) is 42.6 Å². The Labute approximate surface area is 135 Å². The van der Waals surface area contributed by atoms with Gasteiger partial charge in [-0.3, -0.25) is 4.79 Å². The van der Waals surface area contributed by atoms with Gasteiger partial charge in [0.15, 0.2) is 12.0 Å². The first-order valence-electron chi connectivity index (χ1n) is 5.99. The Balaban J connectivity index is 0.00000200. The number of hydrogen-bond acceptors (Lipinski definition) is 3. The fraction of sp³-hybridized carbons (Fsp3) is 0.200. The number of pyridine rings is 1. The van der Waals surface area contributed by atoms with Gasteiger partial charge >= 0.3 is 5.88 Å². The summed E-state index contributed by atoms with van der Waals surface area (Å²) in [5, 5.41) is 0. The van der Waals surface area contributed by atoms with Crippen molar-refractivity contribution in [1.82, 2.24) is 0 Å². The van der Waals surface area contributed by atoms with Gasteiger partial charge < -0.3 is 33.5 Å². The van der Waals surface area contributed by atoms with Crippen molar-refractivity contribution in [3.05, 3.63) is 48.7 Å². The molecular formula is C15H16INO3. The Hall–Kier alpha value is -1.63. The zero-order valence-corrected chi connectivity index (χ0v) is 13.5. The van der Waals surface area contributed by atoms with Crippen molar-refractivity contribution in [2.75, 3.05) is 7.11 Å². The second-order valence-corrected chi connectivity index (χ2v) is 4.15. The third-order valence-corrected chi connectivity index (χ3v) is 2.56. The summed E-state index contributed by atoms with van der Waals surface area (Å²) in [6.07, 6.45) is 1.82. The SMILES string of the molecule is COc1cccc(Oc2cccc[n+]2CC(C)=O)c1.[I-]. The van der Waals surface area contributed by atoms with Gasteiger partial charge in [0.25, 0.3) is 0 Å². The zero-order valence-electron chi connectivity index (χ0n) is 11.4. The molecule has 0 unspecified atom stereocenters. The molecular weight excluding hydrogens is 369 g/mol. The number of ketones is 1. The van der Waals surface area contributed by atoms with Crippen LogP contribution in [0.1, 0.15) is 6.92 Å². The highest BCUT2D eigenvalue weighted by molar-refractivity contribution is 5.73. The summed E-state index contributed by atoms with van der Waals surface area (Å²) in [5.41, 5.74) is 0. The number of hydrogen-bond donors (Lipinski definition) is 0. The van der Waals surface area contributed by atoms with Crippen molar-refractivity contribution in [2.24, 2.45) is 0 Å². The van der Waals surface area contributed by atoms with Gasteiger partial charge in [-0.15, -0.1) is 0 Å². The van der Waals surface area contributed by atoms with Gasteiger partial charge in [0.2, 0.25) is 6.54 Å². The van der Waals surface area contributed by atoms with Gasteiger partial charge in [0, 0.05) is 19.1 Å². The van der Waals surface area contributed by atoms with Crippen molar-refractivity contribution in [2.45, 2.75) is 13.5 Å². The number of nitrogens with zero attached hydrogens (tertiary/aromatic N) is 1. The van der Waals surface area contributed by atoms with E-state index in [2.05, 4.69) is 0 Å². The number of ether oxygens (including phenoxy) is 2. The fourth-order valence-electron chi connectivity index (χ4n) is 1.71. The van der Waals surface area contributed by atoms with Crippen LogP contribution in [0.25, 0.3) is 0 Å². The molecule has 20 heavy (non-hydrogen) atoms. The van der Waals surface area contributed by atoms with E-state index in [0.717, 1.165) is 5.75 Å². The number of carbonyl (C=O) groups is 1. The van der Waals surface area contributed by atoms with Crippen molar-refractivity contribution in [3.63, 3.8) is 0 Å². The maximum absolute atomic E-state index is 11.2. The molecule has 2 aromatic rings. The molecule has 5 heteroatoms. The van der Waals surface area contributed by atoms with E-state index in [4.69, 9.17) is 9.47 Å². The third kappa shape index (κ3) is 4.48. The molecule has 0 aliphatic carbocycles. The Morgan fingerprint density at radius 2 is 1.90 bits per heavy atom. The molecule has 0 amide bonds. The van der Waals surface area contributed by atoms with Crippen LogP contribution < -0.4 is 38.0 Å². The minimum atomic E-state index is 0. The molecule has 0 spiro atoms. The summed E-state index contributed by atoms with van der Waals surface area (Å²) in [5.74, 6) is 2.09. The summed E-state index contributed by atoms with van der Waals surface area (Å²) >= 11 is 0. The van der Waals surface area contributed by atoms with E-state index in [-0.39, 0.29) is 29.8 Å². The zero-order chi connectivity index (χ0) is 13.7. The molecule has 4 nitrogen and oxygen atoms in total. The predicted molar refractivity (Wildman–Crippen MR) is 70.4 cm³/mol. The van der Waals surface area contributed by atoms with E-state index in [1.165, 1.54) is 0 Å². The first-order valence-corrected chi connectivity index (χ1v) is 5.99. The Kier molecular flexibility index (Phi) is 6.44. The van der Waals surface area contributed by atoms with Crippen LogP contribution in [0.4, 0.5) is 0 Å². The second-order valence-electron chi connectivity index (χ2n) is 4.15. The number of halogens is 1. The van der Waals surface area contributed by atoms with Crippen molar-refractivity contribution < 1.29 is 42.8 Å². The first-order chi connectivity index (χ1) is 9.19. The Bertz CT molecular complexity index is 587. The molecule has 0 fully saturated rings. The molecule has 0 aliphatic rings. The molecule has 1 aromatic heterocycles. The largest absolute Gasteiger partial charge is 1.00 e. The molecule has 0 bridgehead atoms. The average molecular weight is 385 g/mol. The van der Waals surface area contributed by atoms with Gasteiger partial charge in [0.05, 0.1) is 13.2 Å². The van der Waals surface area contributed by atoms with Gasteiger partial charge in [-0.25, -0.2) is 0 Å². The van der Waals surface area contributed by atoms with Crippen molar-refractivity contribution >= 4 is 5.78 Å². The van der Waals surface area contributed by atoms with Crippen LogP contribution in [0.5, 0.6) is 17.4 Å². The van der Waals surface area contributed by atoms with E-state index < -0.39 is 0 Å². The van der Waals surface area contributed by atoms with Crippen LogP contribution >= 0.6 is 0 Å². The van der Waals surface area contributed by atoms with Gasteiger partial charge in [0.1, 0.15) is 11.5 Å². The molecule has 2 rings (SSSR count). The number of Topliss-reactive ketones (excluding diaryl/α,β-unsaturated/α-hetero) is 1. The Morgan fingerprint density at radius 3 is 2.60 bits per heavy atom. The highest BCUT2D eigenvalue weighted by atomic mass is 127. The van der Waals surface area contributed by atoms with Crippen LogP contribution in [-0.2, 0) is 11.3 Å². The summed E-state index contributed by atoms with van der Waals surface area (Å²) in [6.45, 7) is 1.84. The molecule has 1 aromatic carbocycles. The Morgan fingerprint density at radius 1 is 1.15 bits per heavy atom. The lowest BCUT2D eigenvalue weighted by Gasteiger charge is -2.06. The summed E-state index contributed by atoms with van der Waals surface area (Å²) in [7, 11) is 1.61. The topological polar surface area (TPSA) is 39.4 Å². The number of methoxy groups -OCH3 is 1. The van der Waals surface area contributed by atoms with Crippen LogP contribution in [0.3, 0.4) is 0 Å². The molecule has 0 radical (unpaired) electrons. The lowest BCUT2D eigenvalue weighted by atomic mass is 10.3. The molecule has 0 atom stereocenters. The monoisotopic (exact) mass is 385 g/mol. The fourth-order valence-corrected chi connectivity index (χ4v) is 1.71. The van der Waals surface area contributed by atoms with Crippen LogP contribution in [0, 0.1) is 0 Å². The number of benzene rings is 1. The quantitative estimate of drug-likeness (QED) is 0.508. The molecule has 106 valence electrons. The minimum absolute atomic E-state index is 0. The normalized spacial score (nSPS) is 9.50. The van der Waals surface area contributed by atoms with E-state index >= 15 is 0 Å². The van der Waals surface area contributed by atoms with Crippen LogP contribution in [0.15, 0.2) is 48.7 Å². The average Bonchev–Trinajstić information content (AvgIpc) is 2.41. The molecule has 0 saturated heterocycles. The number of carbonyl (C=O) groups excluding carboxylic acids is 1. The van der Waals surface area contributed by atoms with Gasteiger partial charge in [-0.05, 0) is 18.2 Å². The highest BCUT2D eigenvalue weighted by Gasteiger charge is 2.13. The molecule has 0 aliphatic heterocycles. The van der Waals surface area contributed by atoms with E-state index in [1.54, 1.807) is 24.7 Å². The minimum Gasteiger partial charge on any atom is -1.00 e. The lowest BCUT2D eigenvalue weighted by molar-refractivity contribution is -0.688. The summed E-state index contributed by atoms with van der Waals surface area (Å²) in [4.78, 5) is 11.2. The lowest BCUT2D eigenvalue weighted by Crippen LogP contribution is -3.00. The van der Waals surface area contributed by atoms with Crippen molar-refractivity contribution in [3.8, 4) is 17.4 Å². The smallest absolute Gasteiger partial charge is 0.373 e. The first kappa shape index (κ1) is 16.4. The number of aromatic nitrogens is 1. The molecule has 0 saturated carbocycles. The summed E-state index contributed by atoms with van der Waals surface area (Å²) in [6, 6.07) is 12.9. The maximum atomic E-state index is 11.2. The van der Waals surface area contributed by atoms with Crippen LogP contribution in [0.2, 0.25) is 0 Å². The second kappa shape index (κ2) is 7.84.